The SMILES string of the molecule is Nn1cnnc1N/N=C/c1cc(Br)ccc1O. The predicted molar refractivity (Wildman–Crippen MR) is 67.2 cm³/mol. The Morgan fingerprint density at radius 3 is 3.06 bits per heavy atom. The number of hydrazone groups is 1. The van der Waals surface area contributed by atoms with Crippen LogP contribution >= 0.6 is 15.9 Å². The molecule has 0 atom stereocenters. The van der Waals surface area contributed by atoms with Crippen LogP contribution in [0, 0.1) is 0 Å². The molecule has 0 aliphatic rings. The van der Waals surface area contributed by atoms with E-state index in [1.165, 1.54) is 17.2 Å². The number of nitrogens with two attached hydrogens (primary N) is 1. The third kappa shape index (κ3) is 2.72. The maximum absolute atomic E-state index is 9.55. The summed E-state index contributed by atoms with van der Waals surface area (Å²) < 4.78 is 2.04. The fourth-order valence-electron chi connectivity index (χ4n) is 1.11. The summed E-state index contributed by atoms with van der Waals surface area (Å²) in [5, 5.41) is 20.7. The van der Waals surface area contributed by atoms with Gasteiger partial charge in [-0.25, -0.2) is 10.1 Å². The lowest BCUT2D eigenvalue weighted by Gasteiger charge is -2.00. The minimum atomic E-state index is 0.132. The molecule has 17 heavy (non-hydrogen) atoms. The zero-order valence-electron chi connectivity index (χ0n) is 8.58. The number of nitrogens with zero attached hydrogens (tertiary/aromatic N) is 4. The summed E-state index contributed by atoms with van der Waals surface area (Å²) in [6, 6.07) is 5.03. The monoisotopic (exact) mass is 296 g/mol. The van der Waals surface area contributed by atoms with Crippen molar-refractivity contribution in [2.24, 2.45) is 5.10 Å². The molecule has 0 unspecified atom stereocenters. The average molecular weight is 297 g/mol. The van der Waals surface area contributed by atoms with Gasteiger partial charge in [-0.1, -0.05) is 15.9 Å². The van der Waals surface area contributed by atoms with Crippen LogP contribution in [0.1, 0.15) is 5.56 Å². The zero-order chi connectivity index (χ0) is 12.3. The van der Waals surface area contributed by atoms with Crippen LogP contribution in [0.2, 0.25) is 0 Å². The van der Waals surface area contributed by atoms with Crippen molar-refractivity contribution < 1.29 is 5.11 Å². The Labute approximate surface area is 105 Å². The summed E-state index contributed by atoms with van der Waals surface area (Å²) in [6.45, 7) is 0. The third-order valence-corrected chi connectivity index (χ3v) is 2.42. The van der Waals surface area contributed by atoms with Gasteiger partial charge >= 0.3 is 0 Å². The summed E-state index contributed by atoms with van der Waals surface area (Å²) in [5.74, 6) is 5.91. The molecule has 4 N–H and O–H groups in total. The van der Waals surface area contributed by atoms with Crippen molar-refractivity contribution in [2.75, 3.05) is 11.3 Å². The smallest absolute Gasteiger partial charge is 0.263 e. The highest BCUT2D eigenvalue weighted by molar-refractivity contribution is 9.10. The molecule has 0 saturated carbocycles. The maximum Gasteiger partial charge on any atom is 0.263 e. The van der Waals surface area contributed by atoms with Crippen LogP contribution in [0.25, 0.3) is 0 Å². The molecule has 7 nitrogen and oxygen atoms in total. The van der Waals surface area contributed by atoms with Crippen molar-refractivity contribution in [2.45, 2.75) is 0 Å². The first-order valence-corrected chi connectivity index (χ1v) is 5.39. The standard InChI is InChI=1S/C9H9BrN6O/c10-7-1-2-8(17)6(3-7)4-12-14-9-15-13-5-16(9)11/h1-5,17H,11H2,(H,14,15)/b12-4+. The number of benzene rings is 1. The highest BCUT2D eigenvalue weighted by atomic mass is 79.9. The minimum absolute atomic E-state index is 0.132. The van der Waals surface area contributed by atoms with Crippen LogP contribution in [0.15, 0.2) is 34.1 Å². The van der Waals surface area contributed by atoms with Crippen molar-refractivity contribution in [3.05, 3.63) is 34.6 Å². The lowest BCUT2D eigenvalue weighted by atomic mass is 10.2. The number of anilines is 1. The van der Waals surface area contributed by atoms with Crippen LogP contribution < -0.4 is 11.3 Å². The van der Waals surface area contributed by atoms with Crippen LogP contribution in [-0.2, 0) is 0 Å². The largest absolute Gasteiger partial charge is 0.507 e. The molecular formula is C9H9BrN6O. The molecule has 0 saturated heterocycles. The number of aromatic hydroxyl groups is 1. The third-order valence-electron chi connectivity index (χ3n) is 1.93. The normalized spacial score (nSPS) is 10.9. The highest BCUT2D eigenvalue weighted by Crippen LogP contribution is 2.19. The Bertz CT molecular complexity index is 552. The second-order valence-electron chi connectivity index (χ2n) is 3.13. The van der Waals surface area contributed by atoms with Gasteiger partial charge in [-0.3, -0.25) is 0 Å². The number of halogens is 1. The summed E-state index contributed by atoms with van der Waals surface area (Å²) in [5.41, 5.74) is 3.16. The first kappa shape index (κ1) is 11.4. The number of rotatable bonds is 3. The molecule has 0 aliphatic carbocycles. The quantitative estimate of drug-likeness (QED) is 0.444. The summed E-state index contributed by atoms with van der Waals surface area (Å²) >= 11 is 3.30. The van der Waals surface area contributed by atoms with Crippen molar-refractivity contribution in [1.82, 2.24) is 14.9 Å². The molecule has 1 aromatic heterocycles. The molecule has 0 spiro atoms. The van der Waals surface area contributed by atoms with Gasteiger partial charge in [0.05, 0.1) is 6.21 Å². The Balaban J connectivity index is 2.10. The molecule has 2 aromatic rings. The topological polar surface area (TPSA) is 101 Å². The number of phenolic OH excluding ortho intramolecular Hbond substituents is 1. The first-order chi connectivity index (χ1) is 8.16. The van der Waals surface area contributed by atoms with Gasteiger partial charge in [0.15, 0.2) is 0 Å². The number of nitrogen functional groups attached to an aromatic ring is 1. The van der Waals surface area contributed by atoms with Gasteiger partial charge in [-0.05, 0) is 18.2 Å². The van der Waals surface area contributed by atoms with Gasteiger partial charge in [-0.2, -0.15) is 5.10 Å². The molecule has 1 heterocycles. The molecular weight excluding hydrogens is 288 g/mol. The molecule has 2 rings (SSSR count). The molecule has 0 radical (unpaired) electrons. The molecule has 0 fully saturated rings. The van der Waals surface area contributed by atoms with E-state index in [0.29, 0.717) is 11.5 Å². The molecule has 0 amide bonds. The van der Waals surface area contributed by atoms with Crippen molar-refractivity contribution in [3.8, 4) is 5.75 Å². The second-order valence-corrected chi connectivity index (χ2v) is 4.05. The van der Waals surface area contributed by atoms with Gasteiger partial charge in [0.1, 0.15) is 12.1 Å². The number of hydrogen-bond acceptors (Lipinski definition) is 6. The van der Waals surface area contributed by atoms with E-state index in [0.717, 1.165) is 4.47 Å². The fraction of sp³-hybridized carbons (Fsp3) is 0. The van der Waals surface area contributed by atoms with Gasteiger partial charge in [0.25, 0.3) is 5.95 Å². The molecule has 88 valence electrons. The van der Waals surface area contributed by atoms with Crippen molar-refractivity contribution in [3.63, 3.8) is 0 Å². The van der Waals surface area contributed by atoms with Gasteiger partial charge in [0.2, 0.25) is 0 Å². The van der Waals surface area contributed by atoms with Crippen molar-refractivity contribution in [1.29, 1.82) is 0 Å². The first-order valence-electron chi connectivity index (χ1n) is 4.59. The van der Waals surface area contributed by atoms with Gasteiger partial charge in [0, 0.05) is 10.0 Å². The number of nitrogens with one attached hydrogen (secondary N) is 1. The van der Waals surface area contributed by atoms with E-state index < -0.39 is 0 Å². The van der Waals surface area contributed by atoms with Crippen LogP contribution in [-0.4, -0.2) is 26.2 Å². The Hall–Kier alpha value is -2.09. The summed E-state index contributed by atoms with van der Waals surface area (Å²) in [4.78, 5) is 0. The fourth-order valence-corrected chi connectivity index (χ4v) is 1.49. The van der Waals surface area contributed by atoms with E-state index in [1.807, 2.05) is 0 Å². The summed E-state index contributed by atoms with van der Waals surface area (Å²) in [7, 11) is 0. The summed E-state index contributed by atoms with van der Waals surface area (Å²) in [6.07, 6.45) is 2.79. The molecule has 8 heteroatoms. The average Bonchev–Trinajstić information content (AvgIpc) is 2.70. The zero-order valence-corrected chi connectivity index (χ0v) is 10.2. The van der Waals surface area contributed by atoms with Gasteiger partial charge in [-0.15, -0.1) is 10.2 Å². The second kappa shape index (κ2) is 4.83. The van der Waals surface area contributed by atoms with E-state index in [-0.39, 0.29) is 5.75 Å². The lowest BCUT2D eigenvalue weighted by Crippen LogP contribution is -2.10. The van der Waals surface area contributed by atoms with Gasteiger partial charge < -0.3 is 10.9 Å². The minimum Gasteiger partial charge on any atom is -0.507 e. The van der Waals surface area contributed by atoms with E-state index >= 15 is 0 Å². The lowest BCUT2D eigenvalue weighted by molar-refractivity contribution is 0.474. The number of phenols is 1. The van der Waals surface area contributed by atoms with Crippen LogP contribution in [0.4, 0.5) is 5.95 Å². The Morgan fingerprint density at radius 2 is 2.35 bits per heavy atom. The molecule has 0 aliphatic heterocycles. The number of aromatic nitrogens is 3. The molecule has 0 bridgehead atoms. The highest BCUT2D eigenvalue weighted by Gasteiger charge is 2.00. The Kier molecular flexibility index (Phi) is 3.24. The van der Waals surface area contributed by atoms with Crippen molar-refractivity contribution >= 4 is 28.1 Å². The predicted octanol–water partition coefficient (Wildman–Crippen LogP) is 0.906. The van der Waals surface area contributed by atoms with Crippen LogP contribution in [0.3, 0.4) is 0 Å². The number of hydrogen-bond donors (Lipinski definition) is 3. The molecule has 1 aromatic carbocycles. The van der Waals surface area contributed by atoms with E-state index in [2.05, 4.69) is 36.7 Å². The van der Waals surface area contributed by atoms with E-state index in [9.17, 15) is 5.11 Å². The maximum atomic E-state index is 9.55. The van der Waals surface area contributed by atoms with Crippen LogP contribution in [0.5, 0.6) is 5.75 Å². The van der Waals surface area contributed by atoms with E-state index in [4.69, 9.17) is 5.84 Å². The Morgan fingerprint density at radius 1 is 1.53 bits per heavy atom. The van der Waals surface area contributed by atoms with E-state index in [1.54, 1.807) is 18.2 Å².